The Hall–Kier alpha value is -1.55. The third kappa shape index (κ3) is 6.61. The van der Waals surface area contributed by atoms with Crippen LogP contribution < -0.4 is 10.1 Å². The molecule has 0 aliphatic carbocycles. The van der Waals surface area contributed by atoms with Gasteiger partial charge in [0.2, 0.25) is 5.91 Å². The maximum atomic E-state index is 12.1. The van der Waals surface area contributed by atoms with Crippen LogP contribution in [0, 0.1) is 0 Å². The van der Waals surface area contributed by atoms with Crippen molar-refractivity contribution in [3.05, 3.63) is 29.8 Å². The largest absolute Gasteiger partial charge is 0.494 e. The molecule has 0 spiro atoms. The molecule has 0 bridgehead atoms. The van der Waals surface area contributed by atoms with Gasteiger partial charge < -0.3 is 15.0 Å². The van der Waals surface area contributed by atoms with Crippen molar-refractivity contribution in [2.75, 3.05) is 32.8 Å². The van der Waals surface area contributed by atoms with E-state index in [4.69, 9.17) is 4.74 Å². The topological polar surface area (TPSA) is 41.6 Å². The molecule has 0 saturated carbocycles. The van der Waals surface area contributed by atoms with Crippen LogP contribution in [0.3, 0.4) is 0 Å². The first-order chi connectivity index (χ1) is 11.3. The summed E-state index contributed by atoms with van der Waals surface area (Å²) in [6.07, 6.45) is 6.07. The Morgan fingerprint density at radius 3 is 2.57 bits per heavy atom. The lowest BCUT2D eigenvalue weighted by atomic mass is 10.1. The van der Waals surface area contributed by atoms with E-state index in [1.807, 2.05) is 17.0 Å². The molecule has 1 fully saturated rings. The van der Waals surface area contributed by atoms with Crippen molar-refractivity contribution in [3.8, 4) is 5.75 Å². The van der Waals surface area contributed by atoms with Gasteiger partial charge in [0.15, 0.2) is 0 Å². The number of ether oxygens (including phenoxy) is 1. The highest BCUT2D eigenvalue weighted by Crippen LogP contribution is 2.15. The number of amides is 1. The molecule has 0 unspecified atom stereocenters. The Kier molecular flexibility index (Phi) is 7.95. The number of rotatable bonds is 9. The number of carbonyl (C=O) groups is 1. The Morgan fingerprint density at radius 1 is 1.13 bits per heavy atom. The van der Waals surface area contributed by atoms with Crippen molar-refractivity contribution in [3.63, 3.8) is 0 Å². The molecular formula is C19H30N2O2. The van der Waals surface area contributed by atoms with Crippen LogP contribution in [0.25, 0.3) is 0 Å². The highest BCUT2D eigenvalue weighted by Gasteiger charge is 2.15. The number of piperazine rings is 1. The smallest absolute Gasteiger partial charge is 0.222 e. The molecule has 0 atom stereocenters. The van der Waals surface area contributed by atoms with Crippen molar-refractivity contribution in [1.82, 2.24) is 10.2 Å². The van der Waals surface area contributed by atoms with Crippen LogP contribution in [0.1, 0.15) is 44.6 Å². The molecule has 1 saturated heterocycles. The monoisotopic (exact) mass is 318 g/mol. The van der Waals surface area contributed by atoms with E-state index < -0.39 is 0 Å². The zero-order valence-corrected chi connectivity index (χ0v) is 14.4. The average molecular weight is 318 g/mol. The molecule has 1 amide bonds. The minimum atomic E-state index is 0.294. The van der Waals surface area contributed by atoms with Crippen molar-refractivity contribution in [2.45, 2.75) is 45.4 Å². The molecule has 1 aromatic carbocycles. The highest BCUT2D eigenvalue weighted by molar-refractivity contribution is 5.76. The van der Waals surface area contributed by atoms with Crippen LogP contribution in [0.5, 0.6) is 5.75 Å². The summed E-state index contributed by atoms with van der Waals surface area (Å²) in [6.45, 7) is 6.54. The van der Waals surface area contributed by atoms with Crippen molar-refractivity contribution in [2.24, 2.45) is 0 Å². The molecule has 4 nitrogen and oxygen atoms in total. The van der Waals surface area contributed by atoms with Gasteiger partial charge in [0.1, 0.15) is 5.75 Å². The van der Waals surface area contributed by atoms with Crippen molar-refractivity contribution < 1.29 is 9.53 Å². The van der Waals surface area contributed by atoms with Gasteiger partial charge in [-0.2, -0.15) is 0 Å². The van der Waals surface area contributed by atoms with Crippen LogP contribution in [-0.2, 0) is 11.2 Å². The summed E-state index contributed by atoms with van der Waals surface area (Å²) in [6, 6.07) is 8.31. The minimum Gasteiger partial charge on any atom is -0.494 e. The van der Waals surface area contributed by atoms with Crippen LogP contribution in [0.4, 0.5) is 0 Å². The highest BCUT2D eigenvalue weighted by atomic mass is 16.5. The van der Waals surface area contributed by atoms with Crippen molar-refractivity contribution >= 4 is 5.91 Å². The van der Waals surface area contributed by atoms with Crippen LogP contribution >= 0.6 is 0 Å². The van der Waals surface area contributed by atoms with Crippen LogP contribution in [0.15, 0.2) is 24.3 Å². The zero-order chi connectivity index (χ0) is 16.3. The van der Waals surface area contributed by atoms with Gasteiger partial charge in [-0.1, -0.05) is 31.9 Å². The Labute approximate surface area is 140 Å². The van der Waals surface area contributed by atoms with E-state index >= 15 is 0 Å². The number of unbranched alkanes of at least 4 members (excludes halogenated alkanes) is 2. The number of hydrogen-bond donors (Lipinski definition) is 1. The zero-order valence-electron chi connectivity index (χ0n) is 14.4. The van der Waals surface area contributed by atoms with Gasteiger partial charge in [0.05, 0.1) is 6.61 Å². The van der Waals surface area contributed by atoms with Gasteiger partial charge in [0.25, 0.3) is 0 Å². The fraction of sp³-hybridized carbons (Fsp3) is 0.632. The minimum absolute atomic E-state index is 0.294. The lowest BCUT2D eigenvalue weighted by molar-refractivity contribution is -0.131. The second-order valence-corrected chi connectivity index (χ2v) is 6.18. The van der Waals surface area contributed by atoms with Gasteiger partial charge in [-0.25, -0.2) is 0 Å². The lowest BCUT2D eigenvalue weighted by Gasteiger charge is -2.27. The molecule has 1 aromatic rings. The first kappa shape index (κ1) is 17.8. The van der Waals surface area contributed by atoms with Gasteiger partial charge >= 0.3 is 0 Å². The maximum absolute atomic E-state index is 12.1. The van der Waals surface area contributed by atoms with E-state index in [-0.39, 0.29) is 0 Å². The van der Waals surface area contributed by atoms with E-state index in [0.717, 1.165) is 57.8 Å². The second kappa shape index (κ2) is 10.3. The number of benzene rings is 1. The van der Waals surface area contributed by atoms with E-state index in [2.05, 4.69) is 24.4 Å². The molecule has 1 aliphatic rings. The summed E-state index contributed by atoms with van der Waals surface area (Å²) in [4.78, 5) is 14.1. The van der Waals surface area contributed by atoms with Gasteiger partial charge in [-0.3, -0.25) is 4.79 Å². The Balaban J connectivity index is 1.64. The quantitative estimate of drug-likeness (QED) is 0.712. The number of carbonyl (C=O) groups excluding carboxylic acids is 1. The maximum Gasteiger partial charge on any atom is 0.222 e. The standard InChI is InChI=1S/C19H30N2O2/c1-2-3-4-16-23-18-10-8-17(9-11-18)6-5-7-19(22)21-14-12-20-13-15-21/h8-11,20H,2-7,12-16H2,1H3. The normalized spacial score (nSPS) is 14.7. The molecule has 0 radical (unpaired) electrons. The summed E-state index contributed by atoms with van der Waals surface area (Å²) in [7, 11) is 0. The van der Waals surface area contributed by atoms with E-state index in [9.17, 15) is 4.79 Å². The van der Waals surface area contributed by atoms with E-state index in [0.29, 0.717) is 12.3 Å². The van der Waals surface area contributed by atoms with E-state index in [1.165, 1.54) is 18.4 Å². The molecule has 1 aliphatic heterocycles. The number of nitrogens with one attached hydrogen (secondary N) is 1. The fourth-order valence-corrected chi connectivity index (χ4v) is 2.81. The summed E-state index contributed by atoms with van der Waals surface area (Å²) in [5.74, 6) is 1.24. The number of hydrogen-bond acceptors (Lipinski definition) is 3. The predicted octanol–water partition coefficient (Wildman–Crippen LogP) is 3.01. The Bertz CT molecular complexity index is 453. The molecule has 1 N–H and O–H groups in total. The third-order valence-electron chi connectivity index (χ3n) is 4.27. The van der Waals surface area contributed by atoms with Crippen LogP contribution in [0.2, 0.25) is 0 Å². The van der Waals surface area contributed by atoms with Gasteiger partial charge in [-0.15, -0.1) is 0 Å². The molecule has 1 heterocycles. The summed E-state index contributed by atoms with van der Waals surface area (Å²) in [5, 5.41) is 3.27. The second-order valence-electron chi connectivity index (χ2n) is 6.18. The molecule has 23 heavy (non-hydrogen) atoms. The molecule has 0 aromatic heterocycles. The molecule has 2 rings (SSSR count). The number of aryl methyl sites for hydroxylation is 1. The van der Waals surface area contributed by atoms with Gasteiger partial charge in [-0.05, 0) is 37.0 Å². The van der Waals surface area contributed by atoms with Crippen molar-refractivity contribution in [1.29, 1.82) is 0 Å². The van der Waals surface area contributed by atoms with Gasteiger partial charge in [0, 0.05) is 32.6 Å². The van der Waals surface area contributed by atoms with Crippen LogP contribution in [-0.4, -0.2) is 43.6 Å². The average Bonchev–Trinajstić information content (AvgIpc) is 2.60. The summed E-state index contributed by atoms with van der Waals surface area (Å²) in [5.41, 5.74) is 1.28. The Morgan fingerprint density at radius 2 is 1.87 bits per heavy atom. The predicted molar refractivity (Wildman–Crippen MR) is 93.8 cm³/mol. The lowest BCUT2D eigenvalue weighted by Crippen LogP contribution is -2.46. The first-order valence-corrected chi connectivity index (χ1v) is 9.00. The van der Waals surface area contributed by atoms with E-state index in [1.54, 1.807) is 0 Å². The molecule has 128 valence electrons. The molecule has 4 heteroatoms. The SMILES string of the molecule is CCCCCOc1ccc(CCCC(=O)N2CCNCC2)cc1. The molecular weight excluding hydrogens is 288 g/mol. The summed E-state index contributed by atoms with van der Waals surface area (Å²) < 4.78 is 5.72. The third-order valence-corrected chi connectivity index (χ3v) is 4.27. The summed E-state index contributed by atoms with van der Waals surface area (Å²) >= 11 is 0. The number of nitrogens with zero attached hydrogens (tertiary/aromatic N) is 1. The first-order valence-electron chi connectivity index (χ1n) is 9.00. The fourth-order valence-electron chi connectivity index (χ4n) is 2.81.